The number of nitrogens with one attached hydrogen (secondary N) is 3. The number of nitrogen functional groups attached to an aromatic ring is 2. The maximum Gasteiger partial charge on any atom is 0.323 e. The molecule has 0 unspecified atom stereocenters. The highest BCUT2D eigenvalue weighted by Crippen LogP contribution is 2.28. The second-order valence-electron chi connectivity index (χ2n) is 10.1. The molecular weight excluding hydrogens is 612 g/mol. The summed E-state index contributed by atoms with van der Waals surface area (Å²) in [7, 11) is 0. The molecule has 0 saturated carbocycles. The molecule has 0 radical (unpaired) electrons. The Kier molecular flexibility index (Phi) is 10.8. The van der Waals surface area contributed by atoms with Gasteiger partial charge in [-0.15, -0.1) is 0 Å². The minimum Gasteiger partial charge on any atom is -0.480 e. The first-order valence-electron chi connectivity index (χ1n) is 14.2. The van der Waals surface area contributed by atoms with Crippen LogP contribution in [-0.2, 0) is 22.4 Å². The molecule has 0 saturated heterocycles. The molecule has 10 N–H and O–H groups in total. The second-order valence-corrected chi connectivity index (χ2v) is 10.1. The largest absolute Gasteiger partial charge is 0.480 e. The van der Waals surface area contributed by atoms with Crippen molar-refractivity contribution >= 4 is 46.9 Å². The van der Waals surface area contributed by atoms with Crippen LogP contribution in [0.3, 0.4) is 0 Å². The van der Waals surface area contributed by atoms with Crippen LogP contribution in [0.15, 0.2) is 61.4 Å². The summed E-state index contributed by atoms with van der Waals surface area (Å²) >= 11 is 0. The van der Waals surface area contributed by atoms with Gasteiger partial charge in [-0.1, -0.05) is 12.1 Å². The van der Waals surface area contributed by atoms with E-state index in [-0.39, 0.29) is 40.2 Å². The van der Waals surface area contributed by atoms with Crippen molar-refractivity contribution in [3.63, 3.8) is 0 Å². The molecule has 0 spiro atoms. The summed E-state index contributed by atoms with van der Waals surface area (Å²) in [5.41, 5.74) is 19.7. The number of carboxylic acids is 1. The van der Waals surface area contributed by atoms with Crippen molar-refractivity contribution in [1.29, 1.82) is 0 Å². The Labute approximate surface area is 267 Å². The van der Waals surface area contributed by atoms with Crippen molar-refractivity contribution in [1.82, 2.24) is 35.1 Å². The van der Waals surface area contributed by atoms with E-state index < -0.39 is 42.0 Å². The van der Waals surface area contributed by atoms with E-state index in [1.54, 1.807) is 43.2 Å². The second kappa shape index (κ2) is 15.1. The van der Waals surface area contributed by atoms with Crippen molar-refractivity contribution < 1.29 is 33.9 Å². The van der Waals surface area contributed by atoms with Gasteiger partial charge in [0.05, 0.1) is 34.9 Å². The first kappa shape index (κ1) is 33.5. The van der Waals surface area contributed by atoms with Gasteiger partial charge >= 0.3 is 5.97 Å². The van der Waals surface area contributed by atoms with Gasteiger partial charge in [0.15, 0.2) is 0 Å². The number of benzene rings is 2. The standard InChI is InChI=1S/C15H15N5O3.C10H8N2O4.C5H9N3/c16-11-3-1-2-10-13(11)15(23)20(14(10)22)7-12(21)18-5-4-9-6-17-8-19-9;11-6-3-1-2-5-8(6)10(16)12(9(5)15)4-7(13)14;6-2-1-5-3-7-4-8-5/h1-3,6,8H,4-5,7,16H2,(H,17,19)(H,18,21);1-3H,4,11H2,(H,13,14);3-4H,1-2,6H2,(H,7,8). The molecule has 2 aromatic carbocycles. The van der Waals surface area contributed by atoms with Crippen molar-refractivity contribution in [2.75, 3.05) is 37.6 Å². The normalized spacial score (nSPS) is 13.0. The molecule has 17 nitrogen and oxygen atoms in total. The summed E-state index contributed by atoms with van der Waals surface area (Å²) in [6.07, 6.45) is 8.14. The number of nitrogens with two attached hydrogens (primary N) is 3. The molecule has 47 heavy (non-hydrogen) atoms. The van der Waals surface area contributed by atoms with Crippen LogP contribution in [-0.4, -0.2) is 96.5 Å². The van der Waals surface area contributed by atoms with Crippen LogP contribution >= 0.6 is 0 Å². The molecule has 2 aliphatic heterocycles. The van der Waals surface area contributed by atoms with E-state index in [4.69, 9.17) is 22.3 Å². The van der Waals surface area contributed by atoms with E-state index >= 15 is 0 Å². The van der Waals surface area contributed by atoms with E-state index in [2.05, 4.69) is 25.3 Å². The minimum absolute atomic E-state index is 0.0914. The summed E-state index contributed by atoms with van der Waals surface area (Å²) in [6, 6.07) is 9.18. The number of amides is 5. The number of imide groups is 2. The Balaban J connectivity index is 0.000000180. The maximum atomic E-state index is 12.3. The molecule has 0 aliphatic carbocycles. The molecule has 4 heterocycles. The fourth-order valence-electron chi connectivity index (χ4n) is 4.68. The Morgan fingerprint density at radius 1 is 0.745 bits per heavy atom. The number of nitrogens with zero attached hydrogens (tertiary/aromatic N) is 4. The van der Waals surface area contributed by atoms with Gasteiger partial charge in [-0.2, -0.15) is 0 Å². The number of aromatic amines is 2. The number of H-pyrrole nitrogens is 2. The highest BCUT2D eigenvalue weighted by molar-refractivity contribution is 6.25. The van der Waals surface area contributed by atoms with Gasteiger partial charge in [-0.3, -0.25) is 38.6 Å². The molecular formula is C30H32N10O7. The summed E-state index contributed by atoms with van der Waals surface area (Å²) < 4.78 is 0. The fourth-order valence-corrected chi connectivity index (χ4v) is 4.68. The van der Waals surface area contributed by atoms with Crippen molar-refractivity contribution in [3.8, 4) is 0 Å². The first-order chi connectivity index (χ1) is 22.5. The molecule has 17 heteroatoms. The number of carbonyl (C=O) groups is 6. The Morgan fingerprint density at radius 2 is 1.23 bits per heavy atom. The Hall–Kier alpha value is -6.36. The molecule has 244 valence electrons. The van der Waals surface area contributed by atoms with E-state index in [0.29, 0.717) is 24.4 Å². The quantitative estimate of drug-likeness (QED) is 0.0922. The van der Waals surface area contributed by atoms with E-state index in [1.165, 1.54) is 18.2 Å². The molecule has 0 fully saturated rings. The summed E-state index contributed by atoms with van der Waals surface area (Å²) in [6.45, 7) is 0.0923. The zero-order chi connectivity index (χ0) is 34.1. The van der Waals surface area contributed by atoms with Crippen molar-refractivity contribution in [2.45, 2.75) is 12.8 Å². The third-order valence-corrected chi connectivity index (χ3v) is 6.90. The van der Waals surface area contributed by atoms with Gasteiger partial charge in [0.1, 0.15) is 13.1 Å². The van der Waals surface area contributed by atoms with Crippen LogP contribution in [0.2, 0.25) is 0 Å². The maximum absolute atomic E-state index is 12.3. The zero-order valence-corrected chi connectivity index (χ0v) is 24.9. The van der Waals surface area contributed by atoms with Gasteiger partial charge in [-0.25, -0.2) is 9.97 Å². The Morgan fingerprint density at radius 3 is 1.66 bits per heavy atom. The Bertz CT molecular complexity index is 1790. The van der Waals surface area contributed by atoms with Crippen molar-refractivity contribution in [3.05, 3.63) is 95.1 Å². The number of aliphatic carboxylic acids is 1. The van der Waals surface area contributed by atoms with E-state index in [9.17, 15) is 28.8 Å². The van der Waals surface area contributed by atoms with Gasteiger partial charge in [0.25, 0.3) is 23.6 Å². The molecule has 4 aromatic rings. The summed E-state index contributed by atoms with van der Waals surface area (Å²) in [5, 5.41) is 11.2. The predicted octanol–water partition coefficient (Wildman–Crippen LogP) is -0.193. The molecule has 5 amide bonds. The lowest BCUT2D eigenvalue weighted by molar-refractivity contribution is -0.137. The summed E-state index contributed by atoms with van der Waals surface area (Å²) in [5.74, 6) is -3.95. The zero-order valence-electron chi connectivity index (χ0n) is 24.9. The number of carboxylic acid groups (broad SMARTS) is 1. The minimum atomic E-state index is -1.24. The molecule has 0 bridgehead atoms. The van der Waals surface area contributed by atoms with Crippen LogP contribution in [0.5, 0.6) is 0 Å². The lowest BCUT2D eigenvalue weighted by Crippen LogP contribution is -2.40. The third-order valence-electron chi connectivity index (χ3n) is 6.90. The average Bonchev–Trinajstić information content (AvgIpc) is 3.84. The number of anilines is 2. The topological polar surface area (TPSA) is 277 Å². The number of rotatable bonds is 9. The van der Waals surface area contributed by atoms with Crippen LogP contribution < -0.4 is 22.5 Å². The van der Waals surface area contributed by atoms with E-state index in [1.807, 2.05) is 0 Å². The number of aromatic nitrogens is 4. The number of carbonyl (C=O) groups excluding carboxylic acids is 5. The SMILES string of the molecule is NCCc1cnc[nH]1.Nc1cccc2c1C(=O)N(CC(=O)NCCc1cnc[nH]1)C2=O.Nc1cccc2c1C(=O)N(CC(=O)O)C2=O. The smallest absolute Gasteiger partial charge is 0.323 e. The predicted molar refractivity (Wildman–Crippen MR) is 167 cm³/mol. The average molecular weight is 645 g/mol. The molecule has 0 atom stereocenters. The first-order valence-corrected chi connectivity index (χ1v) is 14.2. The molecule has 2 aliphatic rings. The highest BCUT2D eigenvalue weighted by atomic mass is 16.4. The van der Waals surface area contributed by atoms with Crippen LogP contribution in [0.4, 0.5) is 11.4 Å². The van der Waals surface area contributed by atoms with E-state index in [0.717, 1.165) is 22.7 Å². The number of fused-ring (bicyclic) bond motifs is 2. The van der Waals surface area contributed by atoms with Crippen LogP contribution in [0.1, 0.15) is 52.8 Å². The number of hydrogen-bond donors (Lipinski definition) is 7. The van der Waals surface area contributed by atoms with Gasteiger partial charge in [0.2, 0.25) is 5.91 Å². The number of hydrogen-bond acceptors (Lipinski definition) is 11. The van der Waals surface area contributed by atoms with Gasteiger partial charge in [0, 0.05) is 54.5 Å². The third kappa shape index (κ3) is 7.84. The highest BCUT2D eigenvalue weighted by Gasteiger charge is 2.39. The monoisotopic (exact) mass is 644 g/mol. The van der Waals surface area contributed by atoms with Crippen molar-refractivity contribution in [2.24, 2.45) is 5.73 Å². The van der Waals surface area contributed by atoms with Gasteiger partial charge in [-0.05, 0) is 30.8 Å². The lowest BCUT2D eigenvalue weighted by atomic mass is 10.1. The van der Waals surface area contributed by atoms with Crippen LogP contribution in [0, 0.1) is 0 Å². The molecule has 6 rings (SSSR count). The summed E-state index contributed by atoms with van der Waals surface area (Å²) in [4.78, 5) is 85.5. The van der Waals surface area contributed by atoms with Gasteiger partial charge < -0.3 is 37.6 Å². The van der Waals surface area contributed by atoms with Crippen LogP contribution in [0.25, 0.3) is 0 Å². The lowest BCUT2D eigenvalue weighted by Gasteiger charge is -2.13. The fraction of sp³-hybridized carbons (Fsp3) is 0.200. The number of imidazole rings is 2. The molecule has 2 aromatic heterocycles.